The summed E-state index contributed by atoms with van der Waals surface area (Å²) >= 11 is 5.68. The summed E-state index contributed by atoms with van der Waals surface area (Å²) in [5.41, 5.74) is 2.29. The van der Waals surface area contributed by atoms with E-state index >= 15 is 0 Å². The molecule has 1 aromatic heterocycles. The molecule has 10 nitrogen and oxygen atoms in total. The van der Waals surface area contributed by atoms with Gasteiger partial charge in [-0.2, -0.15) is 4.98 Å². The number of carbonyl (C=O) groups excluding carboxylic acids is 2. The number of aromatic amines is 1. The lowest BCUT2D eigenvalue weighted by molar-refractivity contribution is -0.149. The maximum Gasteiger partial charge on any atom is 0.311 e. The van der Waals surface area contributed by atoms with Gasteiger partial charge in [0.15, 0.2) is 9.84 Å². The van der Waals surface area contributed by atoms with Crippen molar-refractivity contribution in [2.24, 2.45) is 5.92 Å². The van der Waals surface area contributed by atoms with Crippen molar-refractivity contribution in [3.05, 3.63) is 71.0 Å². The fourth-order valence-electron chi connectivity index (χ4n) is 3.58. The Labute approximate surface area is 218 Å². The van der Waals surface area contributed by atoms with E-state index in [0.29, 0.717) is 5.56 Å². The molecule has 2 aromatic carbocycles. The minimum Gasteiger partial charge on any atom is -0.464 e. The highest BCUT2D eigenvalue weighted by molar-refractivity contribution is 7.90. The molecule has 0 unspecified atom stereocenters. The Kier molecular flexibility index (Phi) is 9.73. The number of aliphatic hydroxyl groups excluding tert-OH is 1. The van der Waals surface area contributed by atoms with Crippen molar-refractivity contribution in [1.82, 2.24) is 20.5 Å². The van der Waals surface area contributed by atoms with E-state index in [4.69, 9.17) is 16.3 Å². The average Bonchev–Trinajstić information content (AvgIpc) is 3.28. The Morgan fingerprint density at radius 1 is 1.19 bits per heavy atom. The van der Waals surface area contributed by atoms with E-state index in [0.717, 1.165) is 17.4 Å². The van der Waals surface area contributed by atoms with Gasteiger partial charge in [0.1, 0.15) is 12.4 Å². The summed E-state index contributed by atoms with van der Waals surface area (Å²) in [6.45, 7) is -0.917. The van der Waals surface area contributed by atoms with E-state index in [1.807, 2.05) is 24.3 Å². The Hall–Kier alpha value is -3.35. The van der Waals surface area contributed by atoms with Crippen LogP contribution in [-0.4, -0.2) is 71.8 Å². The largest absolute Gasteiger partial charge is 0.464 e. The lowest BCUT2D eigenvalue weighted by Crippen LogP contribution is -2.40. The summed E-state index contributed by atoms with van der Waals surface area (Å²) < 4.78 is 41.2. The Morgan fingerprint density at radius 2 is 1.92 bits per heavy atom. The smallest absolute Gasteiger partial charge is 0.311 e. The van der Waals surface area contributed by atoms with Gasteiger partial charge < -0.3 is 15.2 Å². The van der Waals surface area contributed by atoms with Crippen LogP contribution in [0.1, 0.15) is 22.6 Å². The van der Waals surface area contributed by atoms with E-state index in [1.54, 1.807) is 12.1 Å². The zero-order chi connectivity index (χ0) is 27.0. The summed E-state index contributed by atoms with van der Waals surface area (Å²) in [6, 6.07) is 12.8. The lowest BCUT2D eigenvalue weighted by atomic mass is 9.94. The highest BCUT2D eigenvalue weighted by Crippen LogP contribution is 2.22. The number of halogens is 2. The lowest BCUT2D eigenvalue weighted by Gasteiger charge is -2.22. The topological polar surface area (TPSA) is 151 Å². The molecule has 3 rings (SSSR count). The van der Waals surface area contributed by atoms with E-state index < -0.39 is 40.3 Å². The number of carbonyl (C=O) groups is 2. The SMILES string of the molecule is CS(=O)(=O)CCOC(=O)[C@H](CO)C[C@@H](Cc1ccc(-c2cccc(F)c2)cc1)NC(=O)c1nc(Cl)n[nH]1. The number of ether oxygens (including phenoxy) is 1. The quantitative estimate of drug-likeness (QED) is 0.289. The van der Waals surface area contributed by atoms with Gasteiger partial charge in [0.25, 0.3) is 5.91 Å². The molecule has 0 radical (unpaired) electrons. The molecule has 0 fully saturated rings. The third-order valence-electron chi connectivity index (χ3n) is 5.42. The third-order valence-corrected chi connectivity index (χ3v) is 6.50. The van der Waals surface area contributed by atoms with Crippen LogP contribution in [0.3, 0.4) is 0 Å². The second kappa shape index (κ2) is 12.7. The summed E-state index contributed by atoms with van der Waals surface area (Å²) in [5, 5.41) is 18.4. The summed E-state index contributed by atoms with van der Waals surface area (Å²) in [7, 11) is -3.33. The zero-order valence-electron chi connectivity index (χ0n) is 19.9. The van der Waals surface area contributed by atoms with E-state index in [2.05, 4.69) is 20.5 Å². The van der Waals surface area contributed by atoms with Crippen molar-refractivity contribution in [2.75, 3.05) is 25.2 Å². The maximum atomic E-state index is 13.6. The van der Waals surface area contributed by atoms with Gasteiger partial charge in [-0.05, 0) is 53.3 Å². The first-order valence-corrected chi connectivity index (χ1v) is 13.7. The molecule has 0 saturated heterocycles. The Morgan fingerprint density at radius 3 is 2.51 bits per heavy atom. The minimum atomic E-state index is -3.33. The molecule has 0 aliphatic heterocycles. The number of amides is 1. The van der Waals surface area contributed by atoms with Crippen LogP contribution < -0.4 is 5.32 Å². The molecule has 0 aliphatic rings. The van der Waals surface area contributed by atoms with Crippen molar-refractivity contribution in [2.45, 2.75) is 18.9 Å². The number of rotatable bonds is 12. The van der Waals surface area contributed by atoms with Gasteiger partial charge in [0.2, 0.25) is 11.1 Å². The van der Waals surface area contributed by atoms with Crippen LogP contribution in [0.15, 0.2) is 48.5 Å². The van der Waals surface area contributed by atoms with Gasteiger partial charge >= 0.3 is 5.97 Å². The molecule has 0 bridgehead atoms. The first-order chi connectivity index (χ1) is 17.5. The Bertz CT molecular complexity index is 1330. The predicted molar refractivity (Wildman–Crippen MR) is 134 cm³/mol. The fraction of sp³-hybridized carbons (Fsp3) is 0.333. The highest BCUT2D eigenvalue weighted by Gasteiger charge is 2.26. The number of benzene rings is 2. The number of esters is 1. The van der Waals surface area contributed by atoms with Crippen LogP contribution in [0.4, 0.5) is 4.39 Å². The van der Waals surface area contributed by atoms with Crippen LogP contribution >= 0.6 is 11.6 Å². The maximum absolute atomic E-state index is 13.6. The molecule has 0 aliphatic carbocycles. The minimum absolute atomic E-state index is 0.00648. The third kappa shape index (κ3) is 8.92. The van der Waals surface area contributed by atoms with Crippen molar-refractivity contribution < 1.29 is 32.2 Å². The van der Waals surface area contributed by atoms with Gasteiger partial charge in [-0.3, -0.25) is 14.7 Å². The van der Waals surface area contributed by atoms with E-state index in [-0.39, 0.29) is 42.1 Å². The standard InChI is InChI=1S/C24H26ClFN4O6S/c1-37(34,35)10-9-36-23(33)18(14-31)13-20(27-22(32)21-28-24(25)30-29-21)11-15-5-7-16(8-6-15)17-3-2-4-19(26)12-17/h2-8,12,18,20,31H,9-11,13-14H2,1H3,(H,27,32)(H,28,29,30)/t18-,20+/m0/s1. The van der Waals surface area contributed by atoms with Crippen molar-refractivity contribution in [3.8, 4) is 11.1 Å². The molecule has 3 aromatic rings. The molecule has 13 heteroatoms. The number of aromatic nitrogens is 3. The molecular weight excluding hydrogens is 527 g/mol. The number of H-pyrrole nitrogens is 1. The van der Waals surface area contributed by atoms with Gasteiger partial charge in [-0.1, -0.05) is 36.4 Å². The van der Waals surface area contributed by atoms with Gasteiger partial charge in [-0.15, -0.1) is 5.10 Å². The van der Waals surface area contributed by atoms with E-state index in [1.165, 1.54) is 12.1 Å². The number of hydrogen-bond donors (Lipinski definition) is 3. The second-order valence-corrected chi connectivity index (χ2v) is 11.0. The van der Waals surface area contributed by atoms with Crippen LogP contribution in [0.5, 0.6) is 0 Å². The van der Waals surface area contributed by atoms with Crippen LogP contribution in [0, 0.1) is 11.7 Å². The van der Waals surface area contributed by atoms with Crippen molar-refractivity contribution in [3.63, 3.8) is 0 Å². The molecule has 1 amide bonds. The normalized spacial score (nSPS) is 13.1. The molecular formula is C24H26ClFN4O6S. The Balaban J connectivity index is 1.74. The molecule has 0 saturated carbocycles. The molecule has 198 valence electrons. The van der Waals surface area contributed by atoms with Gasteiger partial charge in [-0.25, -0.2) is 12.8 Å². The average molecular weight is 553 g/mol. The number of nitrogens with zero attached hydrogens (tertiary/aromatic N) is 2. The van der Waals surface area contributed by atoms with Crippen molar-refractivity contribution in [1.29, 1.82) is 0 Å². The summed E-state index contributed by atoms with van der Waals surface area (Å²) in [6.07, 6.45) is 1.28. The van der Waals surface area contributed by atoms with Crippen molar-refractivity contribution >= 4 is 33.3 Å². The summed E-state index contributed by atoms with van der Waals surface area (Å²) in [5.74, 6) is -3.25. The molecule has 2 atom stereocenters. The number of hydrogen-bond acceptors (Lipinski definition) is 8. The zero-order valence-corrected chi connectivity index (χ0v) is 21.4. The first kappa shape index (κ1) is 28.2. The van der Waals surface area contributed by atoms with Crippen LogP contribution in [-0.2, 0) is 25.8 Å². The van der Waals surface area contributed by atoms with Crippen LogP contribution in [0.25, 0.3) is 11.1 Å². The monoisotopic (exact) mass is 552 g/mol. The summed E-state index contributed by atoms with van der Waals surface area (Å²) in [4.78, 5) is 28.9. The number of aliphatic hydroxyl groups is 1. The highest BCUT2D eigenvalue weighted by atomic mass is 35.5. The molecule has 0 spiro atoms. The predicted octanol–water partition coefficient (Wildman–Crippen LogP) is 2.19. The van der Waals surface area contributed by atoms with Gasteiger partial charge in [0, 0.05) is 12.3 Å². The molecule has 37 heavy (non-hydrogen) atoms. The second-order valence-electron chi connectivity index (χ2n) is 8.45. The van der Waals surface area contributed by atoms with Gasteiger partial charge in [0.05, 0.1) is 18.3 Å². The van der Waals surface area contributed by atoms with E-state index in [9.17, 15) is 27.5 Å². The number of sulfone groups is 1. The number of nitrogens with one attached hydrogen (secondary N) is 2. The molecule has 3 N–H and O–H groups in total. The first-order valence-electron chi connectivity index (χ1n) is 11.2. The molecule has 1 heterocycles. The fourth-order valence-corrected chi connectivity index (χ4v) is 4.09. The van der Waals surface area contributed by atoms with Crippen LogP contribution in [0.2, 0.25) is 5.28 Å².